The SMILES string of the molecule is COc1ccc(O)c(CCC(=O)O[Si](C)(C)C(C)(C)C)c1. The quantitative estimate of drug-likeness (QED) is 0.839. The van der Waals surface area contributed by atoms with Crippen molar-refractivity contribution in [2.24, 2.45) is 0 Å². The number of phenols is 1. The Hall–Kier alpha value is -1.49. The summed E-state index contributed by atoms with van der Waals surface area (Å²) >= 11 is 0. The minimum absolute atomic E-state index is 0.000760. The maximum Gasteiger partial charge on any atom is 0.292 e. The normalized spacial score (nSPS) is 12.1. The van der Waals surface area contributed by atoms with Crippen molar-refractivity contribution in [3.63, 3.8) is 0 Å². The topological polar surface area (TPSA) is 55.8 Å². The van der Waals surface area contributed by atoms with Crippen LogP contribution in [0.1, 0.15) is 32.8 Å². The molecule has 1 aromatic rings. The summed E-state index contributed by atoms with van der Waals surface area (Å²) < 4.78 is 10.8. The lowest BCUT2D eigenvalue weighted by atomic mass is 10.1. The van der Waals surface area contributed by atoms with Crippen LogP contribution in [-0.4, -0.2) is 26.5 Å². The zero-order chi connectivity index (χ0) is 16.3. The summed E-state index contributed by atoms with van der Waals surface area (Å²) in [7, 11) is -0.503. The van der Waals surface area contributed by atoms with Crippen LogP contribution in [-0.2, 0) is 15.6 Å². The molecule has 0 heterocycles. The first-order chi connectivity index (χ1) is 9.56. The van der Waals surface area contributed by atoms with Gasteiger partial charge in [-0.15, -0.1) is 0 Å². The lowest BCUT2D eigenvalue weighted by molar-refractivity contribution is -0.135. The lowest BCUT2D eigenvalue weighted by Crippen LogP contribution is -2.42. The van der Waals surface area contributed by atoms with Gasteiger partial charge in [-0.1, -0.05) is 20.8 Å². The summed E-state index contributed by atoms with van der Waals surface area (Å²) in [6.45, 7) is 10.4. The van der Waals surface area contributed by atoms with Crippen LogP contribution >= 0.6 is 0 Å². The number of phenolic OH excluding ortho intramolecular Hbond substituents is 1. The molecule has 0 aliphatic heterocycles. The highest BCUT2D eigenvalue weighted by Gasteiger charge is 2.40. The van der Waals surface area contributed by atoms with Crippen molar-refractivity contribution in [1.82, 2.24) is 0 Å². The van der Waals surface area contributed by atoms with Gasteiger partial charge in [0.15, 0.2) is 0 Å². The number of hydrogen-bond acceptors (Lipinski definition) is 4. The molecule has 0 unspecified atom stereocenters. The van der Waals surface area contributed by atoms with Gasteiger partial charge in [-0.25, -0.2) is 0 Å². The summed E-state index contributed by atoms with van der Waals surface area (Å²) in [4.78, 5) is 12.0. The van der Waals surface area contributed by atoms with Crippen LogP contribution in [0.3, 0.4) is 0 Å². The average Bonchev–Trinajstić information content (AvgIpc) is 2.36. The Morgan fingerprint density at radius 1 is 1.29 bits per heavy atom. The van der Waals surface area contributed by atoms with Crippen molar-refractivity contribution in [3.05, 3.63) is 23.8 Å². The van der Waals surface area contributed by atoms with E-state index in [2.05, 4.69) is 20.8 Å². The van der Waals surface area contributed by atoms with Crippen molar-refractivity contribution < 1.29 is 19.1 Å². The first-order valence-corrected chi connectivity index (χ1v) is 10.1. The predicted octanol–water partition coefficient (Wildman–Crippen LogP) is 3.88. The molecule has 0 fully saturated rings. The molecule has 0 aliphatic rings. The van der Waals surface area contributed by atoms with Crippen LogP contribution in [0.4, 0.5) is 0 Å². The summed E-state index contributed by atoms with van der Waals surface area (Å²) in [5.41, 5.74) is 0.696. The molecule has 21 heavy (non-hydrogen) atoms. The Bertz CT molecular complexity index is 503. The van der Waals surface area contributed by atoms with E-state index in [1.165, 1.54) is 0 Å². The summed E-state index contributed by atoms with van der Waals surface area (Å²) in [5, 5.41) is 9.81. The number of aromatic hydroxyl groups is 1. The molecule has 0 amide bonds. The summed E-state index contributed by atoms with van der Waals surface area (Å²) in [6.07, 6.45) is 0.698. The van der Waals surface area contributed by atoms with Gasteiger partial charge < -0.3 is 14.3 Å². The average molecular weight is 310 g/mol. The van der Waals surface area contributed by atoms with Crippen LogP contribution in [0.25, 0.3) is 0 Å². The third-order valence-corrected chi connectivity index (χ3v) is 8.41. The smallest absolute Gasteiger partial charge is 0.292 e. The van der Waals surface area contributed by atoms with Gasteiger partial charge in [0.1, 0.15) is 11.5 Å². The van der Waals surface area contributed by atoms with E-state index >= 15 is 0 Å². The van der Waals surface area contributed by atoms with Crippen molar-refractivity contribution in [2.45, 2.75) is 51.7 Å². The fourth-order valence-electron chi connectivity index (χ4n) is 1.61. The number of carbonyl (C=O) groups excluding carboxylic acids is 1. The van der Waals surface area contributed by atoms with E-state index in [4.69, 9.17) is 9.16 Å². The minimum atomic E-state index is -2.07. The highest BCUT2D eigenvalue weighted by molar-refractivity contribution is 6.75. The van der Waals surface area contributed by atoms with Crippen molar-refractivity contribution in [2.75, 3.05) is 7.11 Å². The van der Waals surface area contributed by atoms with Crippen molar-refractivity contribution in [3.8, 4) is 11.5 Å². The second-order valence-electron chi connectivity index (χ2n) is 6.73. The van der Waals surface area contributed by atoms with Gasteiger partial charge in [0, 0.05) is 6.42 Å². The van der Waals surface area contributed by atoms with Crippen LogP contribution < -0.4 is 4.74 Å². The van der Waals surface area contributed by atoms with Crippen molar-refractivity contribution in [1.29, 1.82) is 0 Å². The van der Waals surface area contributed by atoms with Gasteiger partial charge in [-0.05, 0) is 48.3 Å². The number of aryl methyl sites for hydroxylation is 1. The monoisotopic (exact) mass is 310 g/mol. The van der Waals surface area contributed by atoms with Gasteiger partial charge in [0.25, 0.3) is 14.3 Å². The molecule has 0 aromatic heterocycles. The first kappa shape index (κ1) is 17.6. The molecule has 1 aromatic carbocycles. The Morgan fingerprint density at radius 2 is 1.90 bits per heavy atom. The molecule has 5 heteroatoms. The number of ether oxygens (including phenoxy) is 1. The van der Waals surface area contributed by atoms with E-state index in [1.807, 2.05) is 13.1 Å². The number of rotatable bonds is 5. The van der Waals surface area contributed by atoms with Gasteiger partial charge in [-0.3, -0.25) is 4.79 Å². The van der Waals surface area contributed by atoms with Gasteiger partial charge in [-0.2, -0.15) is 0 Å². The summed E-state index contributed by atoms with van der Waals surface area (Å²) in [5.74, 6) is 0.639. The Morgan fingerprint density at radius 3 is 2.43 bits per heavy atom. The third-order valence-electron chi connectivity index (χ3n) is 4.06. The standard InChI is InChI=1S/C16H26O4Si/c1-16(2,3)21(5,6)20-15(18)10-7-12-11-13(19-4)8-9-14(12)17/h8-9,11,17H,7,10H2,1-6H3. The maximum atomic E-state index is 12.0. The van der Waals surface area contributed by atoms with E-state index in [-0.39, 0.29) is 23.2 Å². The molecule has 4 nitrogen and oxygen atoms in total. The highest BCUT2D eigenvalue weighted by Crippen LogP contribution is 2.36. The predicted molar refractivity (Wildman–Crippen MR) is 86.3 cm³/mol. The first-order valence-electron chi connectivity index (χ1n) is 7.14. The number of benzene rings is 1. The second-order valence-corrected chi connectivity index (χ2v) is 11.5. The second kappa shape index (κ2) is 6.51. The molecule has 0 spiro atoms. The fraction of sp³-hybridized carbons (Fsp3) is 0.562. The Kier molecular flexibility index (Phi) is 5.45. The highest BCUT2D eigenvalue weighted by atomic mass is 28.4. The van der Waals surface area contributed by atoms with E-state index < -0.39 is 8.32 Å². The van der Waals surface area contributed by atoms with Gasteiger partial charge >= 0.3 is 0 Å². The number of methoxy groups -OCH3 is 1. The van der Waals surface area contributed by atoms with E-state index in [0.717, 1.165) is 0 Å². The molecular formula is C16H26O4Si. The van der Waals surface area contributed by atoms with Crippen LogP contribution in [0.5, 0.6) is 11.5 Å². The zero-order valence-corrected chi connectivity index (χ0v) is 14.8. The molecule has 0 bridgehead atoms. The van der Waals surface area contributed by atoms with Crippen molar-refractivity contribution >= 4 is 14.3 Å². The molecule has 0 saturated carbocycles. The van der Waals surface area contributed by atoms with Gasteiger partial charge in [0.2, 0.25) is 0 Å². The summed E-state index contributed by atoms with van der Waals surface area (Å²) in [6, 6.07) is 5.01. The van der Waals surface area contributed by atoms with E-state index in [1.54, 1.807) is 25.3 Å². The van der Waals surface area contributed by atoms with Crippen LogP contribution in [0.15, 0.2) is 18.2 Å². The molecule has 118 valence electrons. The van der Waals surface area contributed by atoms with Gasteiger partial charge in [0.05, 0.1) is 7.11 Å². The van der Waals surface area contributed by atoms with E-state index in [9.17, 15) is 9.90 Å². The number of carbonyl (C=O) groups is 1. The zero-order valence-electron chi connectivity index (χ0n) is 13.8. The van der Waals surface area contributed by atoms with E-state index in [0.29, 0.717) is 17.7 Å². The molecule has 0 saturated heterocycles. The fourth-order valence-corrected chi connectivity index (χ4v) is 2.59. The Labute approximate surface area is 128 Å². The largest absolute Gasteiger partial charge is 0.519 e. The Balaban J connectivity index is 2.66. The third kappa shape index (κ3) is 4.77. The minimum Gasteiger partial charge on any atom is -0.519 e. The molecule has 0 aliphatic carbocycles. The lowest BCUT2D eigenvalue weighted by Gasteiger charge is -2.35. The molecule has 0 radical (unpaired) electrons. The molecule has 1 N–H and O–H groups in total. The number of hydrogen-bond donors (Lipinski definition) is 1. The molecular weight excluding hydrogens is 284 g/mol. The van der Waals surface area contributed by atoms with Crippen LogP contribution in [0.2, 0.25) is 18.1 Å². The molecule has 1 rings (SSSR count). The maximum absolute atomic E-state index is 12.0. The van der Waals surface area contributed by atoms with Crippen LogP contribution in [0, 0.1) is 0 Å². The molecule has 0 atom stereocenters.